The van der Waals surface area contributed by atoms with Crippen LogP contribution in [0.4, 0.5) is 0 Å². The van der Waals surface area contributed by atoms with E-state index in [1.54, 1.807) is 20.0 Å². The van der Waals surface area contributed by atoms with E-state index in [9.17, 15) is 29.1 Å². The number of fused-ring (bicyclic) bond motifs is 1. The molecule has 38 heavy (non-hydrogen) atoms. The molecule has 0 aliphatic heterocycles. The van der Waals surface area contributed by atoms with Gasteiger partial charge in [0, 0.05) is 23.5 Å². The first-order chi connectivity index (χ1) is 17.9. The van der Waals surface area contributed by atoms with Crippen molar-refractivity contribution in [2.75, 3.05) is 12.0 Å². The zero-order valence-electron chi connectivity index (χ0n) is 21.7. The highest BCUT2D eigenvalue weighted by atomic mass is 32.2. The quantitative estimate of drug-likeness (QED) is 0.159. The number of nitrogens with two attached hydrogens (primary N) is 2. The average Bonchev–Trinajstić information content (AvgIpc) is 3.26. The minimum atomic E-state index is -1.23. The van der Waals surface area contributed by atoms with Gasteiger partial charge < -0.3 is 37.5 Å². The monoisotopic (exact) mass is 548 g/mol. The number of carbonyl (C=O) groups excluding carboxylic acids is 4. The summed E-state index contributed by atoms with van der Waals surface area (Å²) in [4.78, 5) is 64.8. The first-order valence-corrected chi connectivity index (χ1v) is 13.6. The Morgan fingerprint density at radius 2 is 1.66 bits per heavy atom. The third-order valence-corrected chi connectivity index (χ3v) is 6.61. The van der Waals surface area contributed by atoms with E-state index >= 15 is 0 Å². The molecule has 0 aliphatic carbocycles. The fourth-order valence-electron chi connectivity index (χ4n) is 3.86. The summed E-state index contributed by atoms with van der Waals surface area (Å²) in [7, 11) is 0. The van der Waals surface area contributed by atoms with Crippen LogP contribution in [0, 0.1) is 5.92 Å². The maximum atomic E-state index is 13.2. The summed E-state index contributed by atoms with van der Waals surface area (Å²) in [6.45, 7) is 3.39. The Bertz CT molecular complexity index is 1150. The molecular weight excluding hydrogens is 512 g/mol. The molecule has 0 saturated heterocycles. The number of nitrogens with one attached hydrogen (secondary N) is 4. The SMILES string of the molecule is CSCCC(NC(=O)C(NC(=O)C(N)CC(N)=O)C(C)C)C(=O)NC(Cc1c[nH]c2ccccc12)C(=O)O. The van der Waals surface area contributed by atoms with Gasteiger partial charge in [-0.1, -0.05) is 32.0 Å². The molecule has 1 heterocycles. The minimum absolute atomic E-state index is 0.0384. The molecule has 0 saturated carbocycles. The van der Waals surface area contributed by atoms with E-state index in [4.69, 9.17) is 11.5 Å². The lowest BCUT2D eigenvalue weighted by molar-refractivity contribution is -0.142. The molecule has 2 rings (SSSR count). The molecule has 0 fully saturated rings. The van der Waals surface area contributed by atoms with Crippen molar-refractivity contribution in [3.63, 3.8) is 0 Å². The number of carboxylic acids is 1. The number of carbonyl (C=O) groups is 5. The summed E-state index contributed by atoms with van der Waals surface area (Å²) in [5.74, 6) is -3.85. The van der Waals surface area contributed by atoms with Crippen molar-refractivity contribution in [3.05, 3.63) is 36.0 Å². The number of carboxylic acid groups (broad SMARTS) is 1. The predicted octanol–water partition coefficient (Wildman–Crippen LogP) is -0.139. The number of thioether (sulfide) groups is 1. The maximum absolute atomic E-state index is 13.2. The van der Waals surface area contributed by atoms with Gasteiger partial charge in [0.2, 0.25) is 23.6 Å². The van der Waals surface area contributed by atoms with E-state index in [1.165, 1.54) is 11.8 Å². The zero-order valence-corrected chi connectivity index (χ0v) is 22.5. The number of H-pyrrole nitrogens is 1. The number of aromatic nitrogens is 1. The largest absolute Gasteiger partial charge is 0.480 e. The summed E-state index contributed by atoms with van der Waals surface area (Å²) in [6.07, 6.45) is 3.43. The van der Waals surface area contributed by atoms with Crippen LogP contribution in [0.3, 0.4) is 0 Å². The van der Waals surface area contributed by atoms with E-state index in [2.05, 4.69) is 20.9 Å². The van der Waals surface area contributed by atoms with Crippen LogP contribution < -0.4 is 27.4 Å². The van der Waals surface area contributed by atoms with E-state index in [0.717, 1.165) is 16.5 Å². The highest BCUT2D eigenvalue weighted by Crippen LogP contribution is 2.19. The molecule has 4 unspecified atom stereocenters. The van der Waals surface area contributed by atoms with Crippen molar-refractivity contribution in [1.82, 2.24) is 20.9 Å². The average molecular weight is 549 g/mol. The van der Waals surface area contributed by atoms with Gasteiger partial charge >= 0.3 is 5.97 Å². The fraction of sp³-hybridized carbons (Fsp3) is 0.480. The topological polar surface area (TPSA) is 209 Å². The number of benzene rings is 1. The molecule has 0 bridgehead atoms. The maximum Gasteiger partial charge on any atom is 0.326 e. The first-order valence-electron chi connectivity index (χ1n) is 12.2. The molecule has 2 aromatic rings. The first kappa shape index (κ1) is 30.6. The van der Waals surface area contributed by atoms with E-state index < -0.39 is 53.8 Å². The van der Waals surface area contributed by atoms with Crippen molar-refractivity contribution < 1.29 is 29.1 Å². The van der Waals surface area contributed by atoms with Crippen LogP contribution in [0.2, 0.25) is 0 Å². The number of hydrogen-bond acceptors (Lipinski definition) is 7. The van der Waals surface area contributed by atoms with Crippen LogP contribution in [0.25, 0.3) is 10.9 Å². The van der Waals surface area contributed by atoms with Crippen molar-refractivity contribution in [1.29, 1.82) is 0 Å². The van der Waals surface area contributed by atoms with E-state index in [-0.39, 0.29) is 25.2 Å². The second-order valence-electron chi connectivity index (χ2n) is 9.31. The summed E-state index contributed by atoms with van der Waals surface area (Å²) < 4.78 is 0. The van der Waals surface area contributed by atoms with Crippen molar-refractivity contribution in [3.8, 4) is 0 Å². The third kappa shape index (κ3) is 8.77. The molecule has 1 aromatic heterocycles. The Morgan fingerprint density at radius 1 is 1.00 bits per heavy atom. The lowest BCUT2D eigenvalue weighted by Gasteiger charge is -2.27. The van der Waals surface area contributed by atoms with Gasteiger partial charge in [-0.25, -0.2) is 4.79 Å². The van der Waals surface area contributed by atoms with Gasteiger partial charge in [-0.3, -0.25) is 19.2 Å². The number of aliphatic carboxylic acids is 1. The van der Waals surface area contributed by atoms with Crippen LogP contribution in [0.15, 0.2) is 30.5 Å². The van der Waals surface area contributed by atoms with Crippen LogP contribution in [0.5, 0.6) is 0 Å². The summed E-state index contributed by atoms with van der Waals surface area (Å²) in [6, 6.07) is 2.87. The van der Waals surface area contributed by atoms with Crippen LogP contribution in [-0.4, -0.2) is 75.9 Å². The summed E-state index contributed by atoms with van der Waals surface area (Å²) in [5.41, 5.74) is 12.4. The number of hydrogen-bond donors (Lipinski definition) is 7. The molecule has 208 valence electrons. The number of aromatic amines is 1. The second-order valence-corrected chi connectivity index (χ2v) is 10.3. The standard InChI is InChI=1S/C25H36N6O6S/c1-13(2)21(31-22(33)16(26)11-20(27)32)24(35)29-18(8-9-38-3)23(34)30-19(25(36)37)10-14-12-28-17-7-5-4-6-15(14)17/h4-7,12-13,16,18-19,21,28H,8-11,26H2,1-3H3,(H2,27,32)(H,29,35)(H,30,34)(H,31,33)(H,36,37). The van der Waals surface area contributed by atoms with Crippen molar-refractivity contribution >= 4 is 52.3 Å². The molecule has 12 nitrogen and oxygen atoms in total. The Hall–Kier alpha value is -3.58. The van der Waals surface area contributed by atoms with Gasteiger partial charge in [0.05, 0.1) is 12.5 Å². The Balaban J connectivity index is 2.15. The molecule has 0 aliphatic rings. The van der Waals surface area contributed by atoms with Crippen LogP contribution >= 0.6 is 11.8 Å². The van der Waals surface area contributed by atoms with E-state index in [1.807, 2.05) is 30.5 Å². The molecule has 0 radical (unpaired) electrons. The number of amides is 4. The lowest BCUT2D eigenvalue weighted by Crippen LogP contribution is -2.58. The molecule has 0 spiro atoms. The number of para-hydroxylation sites is 1. The second kappa shape index (κ2) is 14.4. The van der Waals surface area contributed by atoms with Crippen molar-refractivity contribution in [2.45, 2.75) is 57.3 Å². The number of primary amides is 1. The number of rotatable bonds is 15. The molecule has 1 aromatic carbocycles. The van der Waals surface area contributed by atoms with Gasteiger partial charge in [-0.05, 0) is 36.0 Å². The van der Waals surface area contributed by atoms with Crippen molar-refractivity contribution in [2.24, 2.45) is 17.4 Å². The summed E-state index contributed by atoms with van der Waals surface area (Å²) in [5, 5.41) is 18.3. The smallest absolute Gasteiger partial charge is 0.326 e. The van der Waals surface area contributed by atoms with Crippen LogP contribution in [0.1, 0.15) is 32.3 Å². The predicted molar refractivity (Wildman–Crippen MR) is 145 cm³/mol. The van der Waals surface area contributed by atoms with E-state index in [0.29, 0.717) is 5.75 Å². The molecule has 4 atom stereocenters. The lowest BCUT2D eigenvalue weighted by atomic mass is 10.0. The normalized spacial score (nSPS) is 14.3. The van der Waals surface area contributed by atoms with Gasteiger partial charge in [0.25, 0.3) is 0 Å². The minimum Gasteiger partial charge on any atom is -0.480 e. The summed E-state index contributed by atoms with van der Waals surface area (Å²) >= 11 is 1.46. The fourth-order valence-corrected chi connectivity index (χ4v) is 4.33. The van der Waals surface area contributed by atoms with Gasteiger partial charge in [0.15, 0.2) is 0 Å². The van der Waals surface area contributed by atoms with Gasteiger partial charge in [-0.2, -0.15) is 11.8 Å². The molecular formula is C25H36N6O6S. The Labute approximate surface area is 225 Å². The van der Waals surface area contributed by atoms with Gasteiger partial charge in [-0.15, -0.1) is 0 Å². The Morgan fingerprint density at radius 3 is 2.26 bits per heavy atom. The van der Waals surface area contributed by atoms with Crippen LogP contribution in [-0.2, 0) is 30.4 Å². The Kier molecular flexibility index (Phi) is 11.6. The molecule has 13 heteroatoms. The highest BCUT2D eigenvalue weighted by Gasteiger charge is 2.32. The van der Waals surface area contributed by atoms with Gasteiger partial charge in [0.1, 0.15) is 18.1 Å². The third-order valence-electron chi connectivity index (χ3n) is 5.96. The highest BCUT2D eigenvalue weighted by molar-refractivity contribution is 7.98. The zero-order chi connectivity index (χ0) is 28.4. The molecule has 9 N–H and O–H groups in total. The molecule has 4 amide bonds.